The second-order valence-corrected chi connectivity index (χ2v) is 5.65. The summed E-state index contributed by atoms with van der Waals surface area (Å²) in [5, 5.41) is 0. The van der Waals surface area contributed by atoms with Gasteiger partial charge in [0, 0.05) is 12.0 Å². The Kier molecular flexibility index (Phi) is 4.73. The van der Waals surface area contributed by atoms with Crippen molar-refractivity contribution in [1.29, 1.82) is 0 Å². The summed E-state index contributed by atoms with van der Waals surface area (Å²) in [6.45, 7) is 6.36. The Bertz CT molecular complexity index is 579. The Labute approximate surface area is 121 Å². The van der Waals surface area contributed by atoms with Crippen LogP contribution >= 0.6 is 0 Å². The molecule has 2 rings (SSSR count). The molecule has 1 nitrogen and oxygen atoms in total. The fourth-order valence-corrected chi connectivity index (χ4v) is 2.40. The number of ketones is 1. The van der Waals surface area contributed by atoms with E-state index in [1.165, 1.54) is 16.7 Å². The zero-order valence-electron chi connectivity index (χ0n) is 12.5. The monoisotopic (exact) mass is 266 g/mol. The van der Waals surface area contributed by atoms with Gasteiger partial charge in [-0.25, -0.2) is 0 Å². The smallest absolute Gasteiger partial charge is 0.162 e. The van der Waals surface area contributed by atoms with Crippen LogP contribution in [0.5, 0.6) is 0 Å². The van der Waals surface area contributed by atoms with Gasteiger partial charge in [0.2, 0.25) is 0 Å². The van der Waals surface area contributed by atoms with E-state index in [1.807, 2.05) is 31.2 Å². The van der Waals surface area contributed by atoms with Crippen molar-refractivity contribution in [3.8, 4) is 11.1 Å². The van der Waals surface area contributed by atoms with E-state index in [2.05, 4.69) is 38.1 Å². The SMILES string of the molecule is CCC(=O)c1ccc(-c2cccc(CC(C)C)c2)cc1. The second kappa shape index (κ2) is 6.51. The first-order valence-corrected chi connectivity index (χ1v) is 7.32. The highest BCUT2D eigenvalue weighted by Crippen LogP contribution is 2.22. The summed E-state index contributed by atoms with van der Waals surface area (Å²) in [6, 6.07) is 16.6. The maximum Gasteiger partial charge on any atom is 0.162 e. The van der Waals surface area contributed by atoms with E-state index in [1.54, 1.807) is 0 Å². The molecule has 0 N–H and O–H groups in total. The minimum Gasteiger partial charge on any atom is -0.294 e. The Morgan fingerprint density at radius 3 is 2.30 bits per heavy atom. The molecule has 2 aromatic carbocycles. The van der Waals surface area contributed by atoms with E-state index in [0.29, 0.717) is 12.3 Å². The highest BCUT2D eigenvalue weighted by atomic mass is 16.1. The Morgan fingerprint density at radius 1 is 1.00 bits per heavy atom. The van der Waals surface area contributed by atoms with Gasteiger partial charge in [-0.05, 0) is 29.0 Å². The van der Waals surface area contributed by atoms with Gasteiger partial charge in [0.05, 0.1) is 0 Å². The molecular formula is C19H22O. The Balaban J connectivity index is 2.25. The van der Waals surface area contributed by atoms with Crippen LogP contribution in [0.15, 0.2) is 48.5 Å². The van der Waals surface area contributed by atoms with Crippen LogP contribution in [0.4, 0.5) is 0 Å². The summed E-state index contributed by atoms with van der Waals surface area (Å²) < 4.78 is 0. The summed E-state index contributed by atoms with van der Waals surface area (Å²) >= 11 is 0. The number of hydrogen-bond donors (Lipinski definition) is 0. The predicted octanol–water partition coefficient (Wildman–Crippen LogP) is 5.14. The van der Waals surface area contributed by atoms with Crippen molar-refractivity contribution in [3.05, 3.63) is 59.7 Å². The van der Waals surface area contributed by atoms with Crippen molar-refractivity contribution < 1.29 is 4.79 Å². The highest BCUT2D eigenvalue weighted by molar-refractivity contribution is 5.96. The number of hydrogen-bond acceptors (Lipinski definition) is 1. The van der Waals surface area contributed by atoms with Gasteiger partial charge in [-0.15, -0.1) is 0 Å². The van der Waals surface area contributed by atoms with Crippen molar-refractivity contribution in [2.24, 2.45) is 5.92 Å². The van der Waals surface area contributed by atoms with Crippen LogP contribution in [0.3, 0.4) is 0 Å². The molecule has 0 aliphatic carbocycles. The van der Waals surface area contributed by atoms with Gasteiger partial charge in [-0.1, -0.05) is 69.3 Å². The first-order valence-electron chi connectivity index (χ1n) is 7.32. The molecule has 20 heavy (non-hydrogen) atoms. The fourth-order valence-electron chi connectivity index (χ4n) is 2.40. The van der Waals surface area contributed by atoms with E-state index in [9.17, 15) is 4.79 Å². The summed E-state index contributed by atoms with van der Waals surface area (Å²) in [4.78, 5) is 11.6. The lowest BCUT2D eigenvalue weighted by Gasteiger charge is -2.08. The van der Waals surface area contributed by atoms with Crippen LogP contribution in [0.2, 0.25) is 0 Å². The van der Waals surface area contributed by atoms with Gasteiger partial charge in [-0.2, -0.15) is 0 Å². The minimum atomic E-state index is 0.199. The van der Waals surface area contributed by atoms with Gasteiger partial charge >= 0.3 is 0 Å². The topological polar surface area (TPSA) is 17.1 Å². The van der Waals surface area contributed by atoms with Crippen molar-refractivity contribution in [2.75, 3.05) is 0 Å². The number of benzene rings is 2. The number of carbonyl (C=O) groups excluding carboxylic acids is 1. The zero-order chi connectivity index (χ0) is 14.5. The third-order valence-corrected chi connectivity index (χ3v) is 3.43. The number of Topliss-reactive ketones (excluding diaryl/α,β-unsaturated/α-hetero) is 1. The van der Waals surface area contributed by atoms with Crippen molar-refractivity contribution in [3.63, 3.8) is 0 Å². The van der Waals surface area contributed by atoms with Crippen LogP contribution in [0.1, 0.15) is 43.1 Å². The van der Waals surface area contributed by atoms with E-state index in [-0.39, 0.29) is 5.78 Å². The van der Waals surface area contributed by atoms with Crippen molar-refractivity contribution in [1.82, 2.24) is 0 Å². The van der Waals surface area contributed by atoms with Crippen LogP contribution in [-0.2, 0) is 6.42 Å². The third-order valence-electron chi connectivity index (χ3n) is 3.43. The van der Waals surface area contributed by atoms with Gasteiger partial charge in [0.1, 0.15) is 0 Å². The normalized spacial score (nSPS) is 10.8. The van der Waals surface area contributed by atoms with Gasteiger partial charge < -0.3 is 0 Å². The molecular weight excluding hydrogens is 244 g/mol. The molecule has 0 heterocycles. The lowest BCUT2D eigenvalue weighted by molar-refractivity contribution is 0.0988. The molecule has 0 atom stereocenters. The summed E-state index contributed by atoms with van der Waals surface area (Å²) in [7, 11) is 0. The molecule has 0 aliphatic rings. The van der Waals surface area contributed by atoms with Crippen LogP contribution < -0.4 is 0 Å². The molecule has 0 aromatic heterocycles. The third kappa shape index (κ3) is 3.57. The zero-order valence-corrected chi connectivity index (χ0v) is 12.5. The number of rotatable bonds is 5. The van der Waals surface area contributed by atoms with Crippen molar-refractivity contribution >= 4 is 5.78 Å². The maximum absolute atomic E-state index is 11.6. The van der Waals surface area contributed by atoms with Crippen LogP contribution in [0, 0.1) is 5.92 Å². The molecule has 0 bridgehead atoms. The van der Waals surface area contributed by atoms with Crippen LogP contribution in [0.25, 0.3) is 11.1 Å². The van der Waals surface area contributed by atoms with E-state index >= 15 is 0 Å². The Morgan fingerprint density at radius 2 is 1.70 bits per heavy atom. The highest BCUT2D eigenvalue weighted by Gasteiger charge is 2.05. The fraction of sp³-hybridized carbons (Fsp3) is 0.316. The lowest BCUT2D eigenvalue weighted by Crippen LogP contribution is -1.96. The minimum absolute atomic E-state index is 0.199. The average Bonchev–Trinajstić information content (AvgIpc) is 2.46. The first kappa shape index (κ1) is 14.5. The molecule has 0 saturated carbocycles. The molecule has 0 aliphatic heterocycles. The van der Waals surface area contributed by atoms with Gasteiger partial charge in [0.25, 0.3) is 0 Å². The summed E-state index contributed by atoms with van der Waals surface area (Å²) in [5.74, 6) is 0.861. The van der Waals surface area contributed by atoms with Crippen molar-refractivity contribution in [2.45, 2.75) is 33.6 Å². The van der Waals surface area contributed by atoms with Crippen LogP contribution in [-0.4, -0.2) is 5.78 Å². The molecule has 0 fully saturated rings. The average molecular weight is 266 g/mol. The molecule has 0 amide bonds. The number of carbonyl (C=O) groups is 1. The molecule has 0 saturated heterocycles. The Hall–Kier alpha value is -1.89. The molecule has 0 unspecified atom stereocenters. The largest absolute Gasteiger partial charge is 0.294 e. The van der Waals surface area contributed by atoms with E-state index < -0.39 is 0 Å². The lowest BCUT2D eigenvalue weighted by atomic mass is 9.97. The maximum atomic E-state index is 11.6. The second-order valence-electron chi connectivity index (χ2n) is 5.65. The predicted molar refractivity (Wildman–Crippen MR) is 85.0 cm³/mol. The standard InChI is InChI=1S/C19H22O/c1-4-19(20)17-10-8-16(9-11-17)18-7-5-6-15(13-18)12-14(2)3/h5-11,13-14H,4,12H2,1-3H3. The van der Waals surface area contributed by atoms with E-state index in [4.69, 9.17) is 0 Å². The van der Waals surface area contributed by atoms with E-state index in [0.717, 1.165) is 12.0 Å². The molecule has 104 valence electrons. The summed E-state index contributed by atoms with van der Waals surface area (Å²) in [6.07, 6.45) is 1.66. The first-order chi connectivity index (χ1) is 9.60. The molecule has 0 radical (unpaired) electrons. The quantitative estimate of drug-likeness (QED) is 0.684. The molecule has 2 aromatic rings. The molecule has 0 spiro atoms. The van der Waals surface area contributed by atoms with Gasteiger partial charge in [-0.3, -0.25) is 4.79 Å². The van der Waals surface area contributed by atoms with Gasteiger partial charge in [0.15, 0.2) is 5.78 Å². The molecule has 1 heteroatoms. The summed E-state index contributed by atoms with van der Waals surface area (Å²) in [5.41, 5.74) is 4.56.